The van der Waals surface area contributed by atoms with Crippen LogP contribution < -0.4 is 10.1 Å². The van der Waals surface area contributed by atoms with Crippen molar-refractivity contribution in [2.45, 2.75) is 5.22 Å². The van der Waals surface area contributed by atoms with E-state index in [2.05, 4.69) is 25.5 Å². The molecule has 0 radical (unpaired) electrons. The molecule has 3 aromatic carbocycles. The highest BCUT2D eigenvalue weighted by molar-refractivity contribution is 7.99. The highest BCUT2D eigenvalue weighted by atomic mass is 35.5. The summed E-state index contributed by atoms with van der Waals surface area (Å²) in [5, 5.41) is 11.9. The molecular weight excluding hydrogens is 474 g/mol. The molecule has 5 rings (SSSR count). The lowest BCUT2D eigenvalue weighted by atomic mass is 10.1. The number of imidazole rings is 1. The minimum absolute atomic E-state index is 0.142. The molecule has 0 atom stereocenters. The molecule has 1 amide bonds. The lowest BCUT2D eigenvalue weighted by Crippen LogP contribution is -2.13. The number of hydrogen-bond donors (Lipinski definition) is 2. The molecule has 10 heteroatoms. The molecule has 0 saturated heterocycles. The van der Waals surface area contributed by atoms with Gasteiger partial charge in [-0.1, -0.05) is 35.5 Å². The number of ether oxygens (including phenoxy) is 1. The molecule has 34 heavy (non-hydrogen) atoms. The predicted octanol–water partition coefficient (Wildman–Crippen LogP) is 5.67. The number of aromatic amines is 1. The van der Waals surface area contributed by atoms with E-state index in [9.17, 15) is 4.79 Å². The van der Waals surface area contributed by atoms with Gasteiger partial charge in [-0.25, -0.2) is 4.98 Å². The molecule has 2 aromatic heterocycles. The second-order valence-electron chi connectivity index (χ2n) is 7.26. The van der Waals surface area contributed by atoms with Gasteiger partial charge in [0.1, 0.15) is 11.6 Å². The maximum absolute atomic E-state index is 12.2. The number of nitrogens with one attached hydrogen (secondary N) is 2. The van der Waals surface area contributed by atoms with Crippen molar-refractivity contribution in [3.8, 4) is 28.6 Å². The Morgan fingerprint density at radius 2 is 1.82 bits per heavy atom. The van der Waals surface area contributed by atoms with Crippen LogP contribution >= 0.6 is 23.4 Å². The first-order valence-electron chi connectivity index (χ1n) is 10.2. The van der Waals surface area contributed by atoms with Gasteiger partial charge in [-0.05, 0) is 54.6 Å². The number of carbonyl (C=O) groups excluding carboxylic acids is 1. The van der Waals surface area contributed by atoms with E-state index in [1.54, 1.807) is 31.4 Å². The average Bonchev–Trinajstić information content (AvgIpc) is 3.50. The van der Waals surface area contributed by atoms with Crippen molar-refractivity contribution in [1.29, 1.82) is 0 Å². The molecule has 170 valence electrons. The number of H-pyrrole nitrogens is 1. The third-order valence-electron chi connectivity index (χ3n) is 4.96. The fourth-order valence-electron chi connectivity index (χ4n) is 3.27. The van der Waals surface area contributed by atoms with E-state index in [4.69, 9.17) is 20.8 Å². The summed E-state index contributed by atoms with van der Waals surface area (Å²) in [7, 11) is 1.59. The second-order valence-corrected chi connectivity index (χ2v) is 8.63. The maximum Gasteiger partial charge on any atom is 0.277 e. The van der Waals surface area contributed by atoms with Crippen LogP contribution in [0.25, 0.3) is 33.9 Å². The zero-order chi connectivity index (χ0) is 23.5. The smallest absolute Gasteiger partial charge is 0.277 e. The van der Waals surface area contributed by atoms with Gasteiger partial charge in [0.15, 0.2) is 0 Å². The number of halogens is 1. The van der Waals surface area contributed by atoms with E-state index in [0.717, 1.165) is 33.7 Å². The molecule has 0 fully saturated rings. The van der Waals surface area contributed by atoms with E-state index in [0.29, 0.717) is 21.8 Å². The first-order chi connectivity index (χ1) is 16.6. The molecule has 0 aliphatic rings. The molecule has 0 aliphatic heterocycles. The van der Waals surface area contributed by atoms with Gasteiger partial charge in [0.05, 0.1) is 23.9 Å². The van der Waals surface area contributed by atoms with Crippen molar-refractivity contribution in [3.63, 3.8) is 0 Å². The van der Waals surface area contributed by atoms with Crippen LogP contribution in [-0.4, -0.2) is 38.9 Å². The highest BCUT2D eigenvalue weighted by Gasteiger charge is 2.13. The Morgan fingerprint density at radius 1 is 1.06 bits per heavy atom. The summed E-state index contributed by atoms with van der Waals surface area (Å²) in [6.45, 7) is 0. The summed E-state index contributed by atoms with van der Waals surface area (Å²) in [4.78, 5) is 20.1. The van der Waals surface area contributed by atoms with E-state index in [-0.39, 0.29) is 11.7 Å². The van der Waals surface area contributed by atoms with Gasteiger partial charge in [-0.15, -0.1) is 10.2 Å². The fourth-order valence-corrected chi connectivity index (χ4v) is 4.01. The molecule has 8 nitrogen and oxygen atoms in total. The van der Waals surface area contributed by atoms with Crippen molar-refractivity contribution < 1.29 is 13.9 Å². The van der Waals surface area contributed by atoms with Crippen LogP contribution in [0.1, 0.15) is 0 Å². The van der Waals surface area contributed by atoms with Crippen LogP contribution in [0, 0.1) is 0 Å². The number of hydrogen-bond acceptors (Lipinski definition) is 7. The number of aromatic nitrogens is 4. The van der Waals surface area contributed by atoms with Crippen LogP contribution in [0.2, 0.25) is 5.02 Å². The van der Waals surface area contributed by atoms with Crippen LogP contribution in [0.15, 0.2) is 76.4 Å². The summed E-state index contributed by atoms with van der Waals surface area (Å²) in [5.41, 5.74) is 4.09. The van der Waals surface area contributed by atoms with Crippen LogP contribution in [0.5, 0.6) is 5.75 Å². The Labute approximate surface area is 203 Å². The summed E-state index contributed by atoms with van der Waals surface area (Å²) in [5.74, 6) is 1.81. The normalized spacial score (nSPS) is 11.0. The van der Waals surface area contributed by atoms with Gasteiger partial charge in [0.2, 0.25) is 11.8 Å². The summed E-state index contributed by atoms with van der Waals surface area (Å²) < 4.78 is 10.8. The zero-order valence-corrected chi connectivity index (χ0v) is 19.5. The third-order valence-corrected chi connectivity index (χ3v) is 6.01. The summed E-state index contributed by atoms with van der Waals surface area (Å²) in [6, 6.07) is 20.3. The Bertz CT molecular complexity index is 1450. The largest absolute Gasteiger partial charge is 0.497 e. The Kier molecular flexibility index (Phi) is 6.20. The first-order valence-corrected chi connectivity index (χ1v) is 11.6. The van der Waals surface area contributed by atoms with Gasteiger partial charge in [-0.2, -0.15) is 0 Å². The van der Waals surface area contributed by atoms with E-state index < -0.39 is 0 Å². The lowest BCUT2D eigenvalue weighted by Gasteiger charge is -2.05. The minimum Gasteiger partial charge on any atom is -0.497 e. The Hall–Kier alpha value is -3.82. The number of rotatable bonds is 7. The number of carbonyl (C=O) groups is 1. The van der Waals surface area contributed by atoms with E-state index in [1.165, 1.54) is 11.8 Å². The number of methoxy groups -OCH3 is 1. The molecule has 0 unspecified atom stereocenters. The van der Waals surface area contributed by atoms with Crippen molar-refractivity contribution in [1.82, 2.24) is 20.2 Å². The number of thioether (sulfide) groups is 1. The zero-order valence-electron chi connectivity index (χ0n) is 17.9. The maximum atomic E-state index is 12.2. The lowest BCUT2D eigenvalue weighted by molar-refractivity contribution is -0.113. The SMILES string of the molecule is COc1ccc(NC(=O)CSc2nnc(-c3ccc(-c4nc5ccc(Cl)cc5[nH]4)cc3)o2)cc1. The number of anilines is 1. The number of amides is 1. The molecular formula is C24H18ClN5O3S. The van der Waals surface area contributed by atoms with Crippen molar-refractivity contribution >= 4 is 46.0 Å². The van der Waals surface area contributed by atoms with Crippen LogP contribution in [-0.2, 0) is 4.79 Å². The summed E-state index contributed by atoms with van der Waals surface area (Å²) >= 11 is 7.22. The molecule has 0 aliphatic carbocycles. The molecule has 2 N–H and O–H groups in total. The number of fused-ring (bicyclic) bond motifs is 1. The van der Waals surface area contributed by atoms with Crippen molar-refractivity contribution in [2.75, 3.05) is 18.2 Å². The quantitative estimate of drug-likeness (QED) is 0.282. The first kappa shape index (κ1) is 22.0. The number of benzene rings is 3. The fraction of sp³-hybridized carbons (Fsp3) is 0.0833. The van der Waals surface area contributed by atoms with Crippen molar-refractivity contribution in [3.05, 3.63) is 71.8 Å². The van der Waals surface area contributed by atoms with Gasteiger partial charge in [-0.3, -0.25) is 4.79 Å². The summed E-state index contributed by atoms with van der Waals surface area (Å²) in [6.07, 6.45) is 0. The van der Waals surface area contributed by atoms with Gasteiger partial charge >= 0.3 is 0 Å². The predicted molar refractivity (Wildman–Crippen MR) is 132 cm³/mol. The Morgan fingerprint density at radius 3 is 2.59 bits per heavy atom. The van der Waals surface area contributed by atoms with Crippen LogP contribution in [0.3, 0.4) is 0 Å². The average molecular weight is 492 g/mol. The molecule has 0 saturated carbocycles. The molecule has 5 aromatic rings. The Balaban J connectivity index is 1.21. The second kappa shape index (κ2) is 9.58. The third kappa shape index (κ3) is 4.90. The van der Waals surface area contributed by atoms with Gasteiger partial charge < -0.3 is 19.5 Å². The topological polar surface area (TPSA) is 106 Å². The number of nitrogens with zero attached hydrogens (tertiary/aromatic N) is 3. The van der Waals surface area contributed by atoms with E-state index in [1.807, 2.05) is 42.5 Å². The van der Waals surface area contributed by atoms with Gasteiger partial charge in [0.25, 0.3) is 5.22 Å². The van der Waals surface area contributed by atoms with Gasteiger partial charge in [0, 0.05) is 21.8 Å². The monoisotopic (exact) mass is 491 g/mol. The standard InChI is InChI=1S/C24H18ClN5O3S/c1-32-18-9-7-17(8-10-18)26-21(31)13-34-24-30-29-23(33-24)15-4-2-14(3-5-15)22-27-19-11-6-16(25)12-20(19)28-22/h2-12H,13H2,1H3,(H,26,31)(H,27,28). The molecule has 0 spiro atoms. The van der Waals surface area contributed by atoms with E-state index >= 15 is 0 Å². The molecule has 2 heterocycles. The minimum atomic E-state index is -0.175. The highest BCUT2D eigenvalue weighted by Crippen LogP contribution is 2.27. The van der Waals surface area contributed by atoms with Crippen LogP contribution in [0.4, 0.5) is 5.69 Å². The molecule has 0 bridgehead atoms. The van der Waals surface area contributed by atoms with Crippen molar-refractivity contribution in [2.24, 2.45) is 0 Å².